The van der Waals surface area contributed by atoms with Crippen molar-refractivity contribution in [1.29, 1.82) is 0 Å². The molecule has 17 heavy (non-hydrogen) atoms. The average molecular weight is 268 g/mol. The molecule has 1 aromatic heterocycles. The summed E-state index contributed by atoms with van der Waals surface area (Å²) in [5, 5.41) is 3.95. The molecule has 0 spiro atoms. The molecule has 2 aromatic rings. The Kier molecular flexibility index (Phi) is 4.54. The summed E-state index contributed by atoms with van der Waals surface area (Å²) in [4.78, 5) is 1.20. The molecule has 0 aliphatic heterocycles. The Balaban J connectivity index is 2.11. The standard InChI is InChI=1S/C13H14ClNOS/c1-15-8-11-12(14)5-2-6-13(11)17-9-10-4-3-7-16-10/h2-7,15H,8-9H2,1H3. The first kappa shape index (κ1) is 12.6. The second-order valence-electron chi connectivity index (χ2n) is 3.61. The summed E-state index contributed by atoms with van der Waals surface area (Å²) in [6.45, 7) is 0.778. The molecule has 90 valence electrons. The van der Waals surface area contributed by atoms with Gasteiger partial charge in [-0.25, -0.2) is 0 Å². The lowest BCUT2D eigenvalue weighted by molar-refractivity contribution is 0.530. The van der Waals surface area contributed by atoms with Gasteiger partial charge in [0.15, 0.2) is 0 Å². The van der Waals surface area contributed by atoms with Crippen LogP contribution < -0.4 is 5.32 Å². The van der Waals surface area contributed by atoms with Gasteiger partial charge < -0.3 is 9.73 Å². The van der Waals surface area contributed by atoms with E-state index in [9.17, 15) is 0 Å². The second kappa shape index (κ2) is 6.15. The van der Waals surface area contributed by atoms with E-state index in [1.165, 1.54) is 4.90 Å². The van der Waals surface area contributed by atoms with E-state index in [2.05, 4.69) is 11.4 Å². The van der Waals surface area contributed by atoms with Crippen LogP contribution in [-0.2, 0) is 12.3 Å². The van der Waals surface area contributed by atoms with E-state index in [4.69, 9.17) is 16.0 Å². The number of halogens is 1. The molecule has 0 unspecified atom stereocenters. The molecular formula is C13H14ClNOS. The van der Waals surface area contributed by atoms with E-state index in [1.54, 1.807) is 18.0 Å². The fourth-order valence-electron chi connectivity index (χ4n) is 1.57. The minimum absolute atomic E-state index is 0.778. The van der Waals surface area contributed by atoms with Crippen LogP contribution in [0.1, 0.15) is 11.3 Å². The van der Waals surface area contributed by atoms with Gasteiger partial charge in [-0.05, 0) is 36.9 Å². The van der Waals surface area contributed by atoms with Crippen LogP contribution in [0.4, 0.5) is 0 Å². The average Bonchev–Trinajstić information content (AvgIpc) is 2.83. The van der Waals surface area contributed by atoms with E-state index in [0.29, 0.717) is 0 Å². The lowest BCUT2D eigenvalue weighted by atomic mass is 10.2. The smallest absolute Gasteiger partial charge is 0.113 e. The molecule has 4 heteroatoms. The molecule has 0 amide bonds. The Labute approximate surface area is 110 Å². The topological polar surface area (TPSA) is 25.2 Å². The summed E-state index contributed by atoms with van der Waals surface area (Å²) in [6, 6.07) is 9.88. The third-order valence-electron chi connectivity index (χ3n) is 2.38. The molecule has 2 rings (SSSR count). The number of rotatable bonds is 5. The molecule has 1 N–H and O–H groups in total. The van der Waals surface area contributed by atoms with Crippen LogP contribution >= 0.6 is 23.4 Å². The lowest BCUT2D eigenvalue weighted by Crippen LogP contribution is -2.06. The SMILES string of the molecule is CNCc1c(Cl)cccc1SCc1ccco1. The summed E-state index contributed by atoms with van der Waals surface area (Å²) in [5.74, 6) is 1.80. The van der Waals surface area contributed by atoms with Gasteiger partial charge >= 0.3 is 0 Å². The van der Waals surface area contributed by atoms with Gasteiger partial charge in [0.25, 0.3) is 0 Å². The van der Waals surface area contributed by atoms with Crippen molar-refractivity contribution in [2.24, 2.45) is 0 Å². The third kappa shape index (κ3) is 3.28. The van der Waals surface area contributed by atoms with Crippen molar-refractivity contribution in [3.63, 3.8) is 0 Å². The van der Waals surface area contributed by atoms with Gasteiger partial charge in [0.2, 0.25) is 0 Å². The number of hydrogen-bond donors (Lipinski definition) is 1. The molecule has 0 saturated heterocycles. The highest BCUT2D eigenvalue weighted by molar-refractivity contribution is 7.98. The first-order chi connectivity index (χ1) is 8.31. The van der Waals surface area contributed by atoms with Crippen molar-refractivity contribution in [2.45, 2.75) is 17.2 Å². The highest BCUT2D eigenvalue weighted by Crippen LogP contribution is 2.30. The van der Waals surface area contributed by atoms with Crippen molar-refractivity contribution in [1.82, 2.24) is 5.32 Å². The van der Waals surface area contributed by atoms with E-state index < -0.39 is 0 Å². The number of benzene rings is 1. The maximum Gasteiger partial charge on any atom is 0.113 e. The number of furan rings is 1. The Morgan fingerprint density at radius 3 is 2.88 bits per heavy atom. The zero-order valence-electron chi connectivity index (χ0n) is 9.57. The monoisotopic (exact) mass is 267 g/mol. The van der Waals surface area contributed by atoms with Crippen molar-refractivity contribution in [3.8, 4) is 0 Å². The largest absolute Gasteiger partial charge is 0.468 e. The lowest BCUT2D eigenvalue weighted by Gasteiger charge is -2.09. The molecule has 0 fully saturated rings. The summed E-state index contributed by atoms with van der Waals surface area (Å²) < 4.78 is 5.32. The van der Waals surface area contributed by atoms with Gasteiger partial charge in [-0.1, -0.05) is 17.7 Å². The zero-order valence-corrected chi connectivity index (χ0v) is 11.1. The van der Waals surface area contributed by atoms with Crippen LogP contribution in [-0.4, -0.2) is 7.05 Å². The van der Waals surface area contributed by atoms with Gasteiger partial charge in [0.1, 0.15) is 5.76 Å². The van der Waals surface area contributed by atoms with Gasteiger partial charge in [-0.2, -0.15) is 0 Å². The number of thioether (sulfide) groups is 1. The van der Waals surface area contributed by atoms with Gasteiger partial charge in [-0.3, -0.25) is 0 Å². The van der Waals surface area contributed by atoms with Crippen molar-refractivity contribution < 1.29 is 4.42 Å². The quantitative estimate of drug-likeness (QED) is 0.831. The molecule has 1 aromatic carbocycles. The minimum Gasteiger partial charge on any atom is -0.468 e. The van der Waals surface area contributed by atoms with Crippen LogP contribution in [0.25, 0.3) is 0 Å². The molecule has 0 bridgehead atoms. The van der Waals surface area contributed by atoms with Crippen molar-refractivity contribution >= 4 is 23.4 Å². The first-order valence-electron chi connectivity index (χ1n) is 5.38. The highest BCUT2D eigenvalue weighted by Gasteiger charge is 2.07. The summed E-state index contributed by atoms with van der Waals surface area (Å²) in [5.41, 5.74) is 1.15. The Hall–Kier alpha value is -0.900. The van der Waals surface area contributed by atoms with Crippen molar-refractivity contribution in [3.05, 3.63) is 52.9 Å². The van der Waals surface area contributed by atoms with Gasteiger partial charge in [-0.15, -0.1) is 11.8 Å². The van der Waals surface area contributed by atoms with Gasteiger partial charge in [0.05, 0.1) is 12.0 Å². The number of nitrogens with one attached hydrogen (secondary N) is 1. The molecule has 0 atom stereocenters. The van der Waals surface area contributed by atoms with E-state index in [1.807, 2.05) is 31.3 Å². The van der Waals surface area contributed by atoms with E-state index >= 15 is 0 Å². The predicted molar refractivity (Wildman–Crippen MR) is 72.5 cm³/mol. The third-order valence-corrected chi connectivity index (χ3v) is 3.86. The Bertz CT molecular complexity index is 470. The molecule has 0 aliphatic carbocycles. The molecule has 0 radical (unpaired) electrons. The Morgan fingerprint density at radius 2 is 2.18 bits per heavy atom. The number of hydrogen-bond acceptors (Lipinski definition) is 3. The van der Waals surface area contributed by atoms with E-state index in [-0.39, 0.29) is 0 Å². The van der Waals surface area contributed by atoms with Crippen LogP contribution in [0.15, 0.2) is 45.9 Å². The molecule has 0 saturated carbocycles. The van der Waals surface area contributed by atoms with Crippen LogP contribution in [0, 0.1) is 0 Å². The molecule has 2 nitrogen and oxygen atoms in total. The normalized spacial score (nSPS) is 10.7. The fourth-order valence-corrected chi connectivity index (χ4v) is 2.86. The zero-order chi connectivity index (χ0) is 12.1. The second-order valence-corrected chi connectivity index (χ2v) is 5.04. The first-order valence-corrected chi connectivity index (χ1v) is 6.75. The highest BCUT2D eigenvalue weighted by atomic mass is 35.5. The molecule has 0 aliphatic rings. The maximum atomic E-state index is 6.19. The van der Waals surface area contributed by atoms with Crippen LogP contribution in [0.2, 0.25) is 5.02 Å². The van der Waals surface area contributed by atoms with Crippen molar-refractivity contribution in [2.75, 3.05) is 7.05 Å². The fraction of sp³-hybridized carbons (Fsp3) is 0.231. The molecule has 1 heterocycles. The Morgan fingerprint density at radius 1 is 1.29 bits per heavy atom. The summed E-state index contributed by atoms with van der Waals surface area (Å²) in [7, 11) is 1.92. The molecular weight excluding hydrogens is 254 g/mol. The van der Waals surface area contributed by atoms with Gasteiger partial charge in [0, 0.05) is 16.5 Å². The minimum atomic E-state index is 0.778. The van der Waals surface area contributed by atoms with E-state index in [0.717, 1.165) is 28.6 Å². The van der Waals surface area contributed by atoms with Crippen LogP contribution in [0.5, 0.6) is 0 Å². The van der Waals surface area contributed by atoms with Crippen LogP contribution in [0.3, 0.4) is 0 Å². The summed E-state index contributed by atoms with van der Waals surface area (Å²) in [6.07, 6.45) is 1.70. The summed E-state index contributed by atoms with van der Waals surface area (Å²) >= 11 is 7.93. The maximum absolute atomic E-state index is 6.19. The predicted octanol–water partition coefficient (Wildman–Crippen LogP) is 3.94.